The fourth-order valence-corrected chi connectivity index (χ4v) is 10.7. The number of rotatable bonds is 18. The van der Waals surface area contributed by atoms with Gasteiger partial charge in [0.15, 0.2) is 0 Å². The van der Waals surface area contributed by atoms with Gasteiger partial charge in [-0.05, 0) is 129 Å². The topological polar surface area (TPSA) is 221 Å². The zero-order valence-electron chi connectivity index (χ0n) is 41.1. The summed E-state index contributed by atoms with van der Waals surface area (Å²) >= 11 is 0. The van der Waals surface area contributed by atoms with Crippen molar-refractivity contribution in [1.29, 1.82) is 0 Å². The molecule has 2 aromatic heterocycles. The number of ketones is 1. The second kappa shape index (κ2) is 23.0. The van der Waals surface area contributed by atoms with Gasteiger partial charge in [0.25, 0.3) is 0 Å². The summed E-state index contributed by atoms with van der Waals surface area (Å²) in [5, 5.41) is 21.9. The number of carbonyl (C=O) groups excluding carboxylic acids is 5. The second-order valence-electron chi connectivity index (χ2n) is 19.9. The normalized spacial score (nSPS) is 19.2. The molecule has 5 N–H and O–H groups in total. The monoisotopic (exact) mass is 982 g/mol. The number of ether oxygens (including phenoxy) is 2. The average Bonchev–Trinajstić information content (AvgIpc) is 4.20. The van der Waals surface area contributed by atoms with E-state index >= 15 is 0 Å². The van der Waals surface area contributed by atoms with Gasteiger partial charge in [0.1, 0.15) is 28.9 Å². The van der Waals surface area contributed by atoms with Crippen LogP contribution in [0.15, 0.2) is 60.7 Å². The van der Waals surface area contributed by atoms with Gasteiger partial charge >= 0.3 is 5.97 Å². The highest BCUT2D eigenvalue weighted by Gasteiger charge is 2.35. The number of hydrogen-bond acceptors (Lipinski definition) is 12. The molecule has 380 valence electrons. The summed E-state index contributed by atoms with van der Waals surface area (Å²) in [7, 11) is 0. The third-order valence-electron chi connectivity index (χ3n) is 14.7. The lowest BCUT2D eigenvalue weighted by Crippen LogP contribution is -2.40. The van der Waals surface area contributed by atoms with Gasteiger partial charge in [-0.3, -0.25) is 28.8 Å². The zero-order chi connectivity index (χ0) is 50.1. The highest BCUT2D eigenvalue weighted by molar-refractivity contribution is 5.88. The molecule has 0 radical (unpaired) electrons. The highest BCUT2D eigenvalue weighted by Crippen LogP contribution is 2.32. The molecule has 72 heavy (non-hydrogen) atoms. The Kier molecular flexibility index (Phi) is 16.0. The van der Waals surface area contributed by atoms with Crippen LogP contribution >= 0.6 is 0 Å². The summed E-state index contributed by atoms with van der Waals surface area (Å²) in [6.07, 6.45) is 10.3. The molecule has 2 saturated heterocycles. The van der Waals surface area contributed by atoms with Crippen molar-refractivity contribution in [2.75, 3.05) is 63.1 Å². The van der Waals surface area contributed by atoms with Crippen molar-refractivity contribution < 1.29 is 43.3 Å². The molecule has 2 unspecified atom stereocenters. The maximum Gasteiger partial charge on any atom is 0.305 e. The number of amides is 4. The Balaban J connectivity index is 0.000000178. The van der Waals surface area contributed by atoms with Crippen molar-refractivity contribution in [3.63, 3.8) is 0 Å². The van der Waals surface area contributed by atoms with E-state index in [1.807, 2.05) is 36.4 Å². The number of aliphatic carboxylic acids is 1. The number of nitrogens with zero attached hydrogens (tertiary/aromatic N) is 4. The summed E-state index contributed by atoms with van der Waals surface area (Å²) in [6.45, 7) is 5.69. The van der Waals surface area contributed by atoms with E-state index in [0.717, 1.165) is 122 Å². The predicted molar refractivity (Wildman–Crippen MR) is 269 cm³/mol. The number of aryl methyl sites for hydroxylation is 4. The number of carboxylic acid groups (broad SMARTS) is 1. The Morgan fingerprint density at radius 1 is 0.653 bits per heavy atom. The third kappa shape index (κ3) is 12.5. The van der Waals surface area contributed by atoms with Gasteiger partial charge < -0.3 is 45.6 Å². The Bertz CT molecular complexity index is 2510. The molecular weight excluding hydrogens is 917 g/mol. The summed E-state index contributed by atoms with van der Waals surface area (Å²) in [5.74, 6) is 1.63. The predicted octanol–water partition coefficient (Wildman–Crippen LogP) is 5.48. The van der Waals surface area contributed by atoms with E-state index in [1.165, 1.54) is 18.1 Å². The molecule has 0 bridgehead atoms. The number of carboxylic acids is 1. The first kappa shape index (κ1) is 49.9. The van der Waals surface area contributed by atoms with Gasteiger partial charge in [0.2, 0.25) is 23.6 Å². The number of anilines is 2. The number of likely N-dealkylation sites (tertiary alicyclic amines) is 2. The minimum Gasteiger partial charge on any atom is -0.493 e. The lowest BCUT2D eigenvalue weighted by molar-refractivity contribution is -0.139. The third-order valence-corrected chi connectivity index (χ3v) is 14.7. The summed E-state index contributed by atoms with van der Waals surface area (Å²) in [4.78, 5) is 87.7. The maximum atomic E-state index is 13.0. The molecule has 0 aliphatic carbocycles. The number of aromatic nitrogens is 2. The first-order valence-corrected chi connectivity index (χ1v) is 25.8. The van der Waals surface area contributed by atoms with Crippen molar-refractivity contribution in [3.05, 3.63) is 105 Å². The molecule has 4 aromatic rings. The molecule has 4 amide bonds. The van der Waals surface area contributed by atoms with Crippen LogP contribution in [0.5, 0.6) is 11.5 Å². The van der Waals surface area contributed by atoms with Crippen LogP contribution in [0.4, 0.5) is 11.6 Å². The molecule has 2 fully saturated rings. The average molecular weight is 983 g/mol. The van der Waals surface area contributed by atoms with Crippen molar-refractivity contribution in [3.8, 4) is 11.5 Å². The summed E-state index contributed by atoms with van der Waals surface area (Å²) in [6, 6.07) is 18.7. The van der Waals surface area contributed by atoms with Crippen molar-refractivity contribution in [2.24, 2.45) is 11.8 Å². The fourth-order valence-electron chi connectivity index (χ4n) is 10.7. The molecule has 4 atom stereocenters. The SMILES string of the molecule is CC(=O)CC(NC(=O)CN1CC[C@H](CCc2ccc3c(n2)NCCC3)C1=O)c1ccc2c(c1)OCC2.O=C(O)CC(NC(=O)CN1CC[C@H](CCc2ccc3c(n2)NCCC3)C1=O)c1ccc2c(c1)OCC2. The number of nitrogens with one attached hydrogen (secondary N) is 4. The molecule has 2 aromatic carbocycles. The first-order chi connectivity index (χ1) is 34.9. The fraction of sp³-hybridized carbons (Fsp3) is 0.491. The molecule has 6 aliphatic heterocycles. The van der Waals surface area contributed by atoms with Crippen LogP contribution in [-0.4, -0.2) is 113 Å². The molecule has 8 heterocycles. The standard InChI is InChI=1S/C28H34N4O4.C27H32N4O5/c1-18(33)15-24(22-5-4-19-11-14-36-25(19)16-22)31-26(34)17-32-13-10-21(28(32)35)7-9-23-8-6-20-3-2-12-29-27(20)30-23;32-24(30-22(15-25(33)34)20-4-3-17-10-13-36-23(17)14-20)16-31-12-9-19(27(31)35)6-8-21-7-5-18-2-1-11-28-26(18)29-21/h4-6,8,16,21,24H,2-3,7,9-15,17H2,1H3,(H,29,30)(H,31,34);3-5,7,14,19,22H,1-2,6,8-13,15-16H2,(H,28,29)(H,30,32)(H,33,34)/t21-,24?;19-,22?/m00/s1. The molecule has 10 rings (SSSR count). The van der Waals surface area contributed by atoms with Crippen LogP contribution in [0, 0.1) is 11.8 Å². The minimum absolute atomic E-state index is 0.00614. The molecule has 6 aliphatic rings. The Morgan fingerprint density at radius 2 is 1.11 bits per heavy atom. The number of pyridine rings is 2. The van der Waals surface area contributed by atoms with Gasteiger partial charge in [-0.2, -0.15) is 0 Å². The summed E-state index contributed by atoms with van der Waals surface area (Å²) in [5.41, 5.74) is 8.22. The van der Waals surface area contributed by atoms with E-state index in [9.17, 15) is 33.9 Å². The maximum absolute atomic E-state index is 13.0. The van der Waals surface area contributed by atoms with Crippen LogP contribution < -0.4 is 30.7 Å². The van der Waals surface area contributed by atoms with Gasteiger partial charge in [0, 0.05) is 68.7 Å². The molecule has 17 nitrogen and oxygen atoms in total. The van der Waals surface area contributed by atoms with Gasteiger partial charge in [-0.15, -0.1) is 0 Å². The van der Waals surface area contributed by atoms with Gasteiger partial charge in [-0.1, -0.05) is 36.4 Å². The van der Waals surface area contributed by atoms with E-state index in [0.29, 0.717) is 51.1 Å². The quantitative estimate of drug-likeness (QED) is 0.0835. The van der Waals surface area contributed by atoms with E-state index in [-0.39, 0.29) is 67.2 Å². The minimum atomic E-state index is -1.01. The van der Waals surface area contributed by atoms with Crippen LogP contribution in [0.25, 0.3) is 0 Å². The van der Waals surface area contributed by atoms with Crippen molar-refractivity contribution >= 4 is 47.0 Å². The molecule has 0 spiro atoms. The van der Waals surface area contributed by atoms with Crippen LogP contribution in [0.3, 0.4) is 0 Å². The molecule has 0 saturated carbocycles. The largest absolute Gasteiger partial charge is 0.493 e. The number of benzene rings is 2. The number of carbonyl (C=O) groups is 6. The van der Waals surface area contributed by atoms with Crippen molar-refractivity contribution in [2.45, 2.75) is 109 Å². The Labute approximate surface area is 420 Å². The van der Waals surface area contributed by atoms with E-state index in [4.69, 9.17) is 19.4 Å². The lowest BCUT2D eigenvalue weighted by Gasteiger charge is -2.22. The second-order valence-corrected chi connectivity index (χ2v) is 19.9. The van der Waals surface area contributed by atoms with E-state index in [1.54, 1.807) is 15.9 Å². The number of hydrogen-bond donors (Lipinski definition) is 5. The highest BCUT2D eigenvalue weighted by atomic mass is 16.5. The Hall–Kier alpha value is -7.04. The first-order valence-electron chi connectivity index (χ1n) is 25.8. The van der Waals surface area contributed by atoms with E-state index in [2.05, 4.69) is 39.5 Å². The molecular formula is C55H66N8O9. The summed E-state index contributed by atoms with van der Waals surface area (Å²) < 4.78 is 11.3. The number of Topliss-reactive ketones (excluding diaryl/α,β-unsaturated/α-hetero) is 1. The Morgan fingerprint density at radius 3 is 1.57 bits per heavy atom. The van der Waals surface area contributed by atoms with Gasteiger partial charge in [0.05, 0.1) is 44.8 Å². The molecule has 17 heteroatoms. The van der Waals surface area contributed by atoms with Crippen molar-refractivity contribution in [1.82, 2.24) is 30.4 Å². The smallest absolute Gasteiger partial charge is 0.305 e. The van der Waals surface area contributed by atoms with Crippen LogP contribution in [0.2, 0.25) is 0 Å². The zero-order valence-corrected chi connectivity index (χ0v) is 41.1. The number of fused-ring (bicyclic) bond motifs is 4. The van der Waals surface area contributed by atoms with E-state index < -0.39 is 18.1 Å². The van der Waals surface area contributed by atoms with Crippen LogP contribution in [0.1, 0.15) is 115 Å². The lowest BCUT2D eigenvalue weighted by atomic mass is 9.99. The van der Waals surface area contributed by atoms with Crippen LogP contribution in [-0.2, 0) is 67.3 Å². The van der Waals surface area contributed by atoms with Gasteiger partial charge in [-0.25, -0.2) is 9.97 Å².